The Labute approximate surface area is 172 Å². The van der Waals surface area contributed by atoms with Crippen LogP contribution in [-0.2, 0) is 24.2 Å². The van der Waals surface area contributed by atoms with E-state index in [0.717, 1.165) is 35.4 Å². The van der Waals surface area contributed by atoms with Crippen molar-refractivity contribution in [3.8, 4) is 0 Å². The molecule has 8 heteroatoms. The summed E-state index contributed by atoms with van der Waals surface area (Å²) in [5.41, 5.74) is 3.29. The van der Waals surface area contributed by atoms with Crippen molar-refractivity contribution in [2.24, 2.45) is 0 Å². The third-order valence-corrected chi connectivity index (χ3v) is 5.55. The highest BCUT2D eigenvalue weighted by Gasteiger charge is 2.25. The predicted octanol–water partition coefficient (Wildman–Crippen LogP) is 4.35. The van der Waals surface area contributed by atoms with Gasteiger partial charge in [0.05, 0.1) is 18.8 Å². The number of hydrogen-bond donors (Lipinski definition) is 1. The van der Waals surface area contributed by atoms with Gasteiger partial charge in [0.2, 0.25) is 5.91 Å². The lowest BCUT2D eigenvalue weighted by molar-refractivity contribution is -0.122. The lowest BCUT2D eigenvalue weighted by atomic mass is 9.92. The van der Waals surface area contributed by atoms with Gasteiger partial charge < -0.3 is 9.84 Å². The number of aromatic nitrogens is 3. The van der Waals surface area contributed by atoms with Gasteiger partial charge in [0.15, 0.2) is 5.15 Å². The van der Waals surface area contributed by atoms with Gasteiger partial charge in [-0.15, -0.1) is 0 Å². The van der Waals surface area contributed by atoms with Gasteiger partial charge in [0.1, 0.15) is 5.76 Å². The first-order valence-electron chi connectivity index (χ1n) is 9.28. The molecule has 0 spiro atoms. The average Bonchev–Trinajstić information content (AvgIpc) is 3.29. The minimum atomic E-state index is -0.0239. The SMILES string of the molecule is O=C(CCc1cc(Cl)no1)N[C@@H]1CCCc2c1cnn2Cc1ccccc1Cl. The lowest BCUT2D eigenvalue weighted by Gasteiger charge is -2.24. The summed E-state index contributed by atoms with van der Waals surface area (Å²) in [5.74, 6) is 0.585. The molecular weight excluding hydrogens is 399 g/mol. The smallest absolute Gasteiger partial charge is 0.220 e. The van der Waals surface area contributed by atoms with Crippen LogP contribution in [0.3, 0.4) is 0 Å². The molecule has 0 saturated heterocycles. The number of amides is 1. The summed E-state index contributed by atoms with van der Waals surface area (Å²) in [6, 6.07) is 9.40. The molecule has 2 aromatic heterocycles. The summed E-state index contributed by atoms with van der Waals surface area (Å²) in [4.78, 5) is 12.4. The molecule has 28 heavy (non-hydrogen) atoms. The van der Waals surface area contributed by atoms with Crippen LogP contribution in [0, 0.1) is 0 Å². The molecule has 2 heterocycles. The summed E-state index contributed by atoms with van der Waals surface area (Å²) in [5, 5.41) is 12.3. The van der Waals surface area contributed by atoms with Crippen molar-refractivity contribution in [1.82, 2.24) is 20.3 Å². The van der Waals surface area contributed by atoms with Crippen LogP contribution in [0.4, 0.5) is 0 Å². The number of fused-ring (bicyclic) bond motifs is 1. The Balaban J connectivity index is 1.42. The minimum Gasteiger partial charge on any atom is -0.360 e. The highest BCUT2D eigenvalue weighted by atomic mass is 35.5. The quantitative estimate of drug-likeness (QED) is 0.645. The van der Waals surface area contributed by atoms with Gasteiger partial charge in [-0.3, -0.25) is 9.48 Å². The number of carbonyl (C=O) groups excluding carboxylic acids is 1. The third kappa shape index (κ3) is 4.23. The van der Waals surface area contributed by atoms with E-state index in [9.17, 15) is 4.79 Å². The Hall–Kier alpha value is -2.31. The monoisotopic (exact) mass is 418 g/mol. The molecule has 1 aliphatic rings. The van der Waals surface area contributed by atoms with E-state index >= 15 is 0 Å². The summed E-state index contributed by atoms with van der Waals surface area (Å²) in [6.07, 6.45) is 5.52. The van der Waals surface area contributed by atoms with E-state index in [-0.39, 0.29) is 11.9 Å². The standard InChI is InChI=1S/C20H20Cl2N4O2/c21-16-5-2-1-4-13(16)12-26-18-7-3-6-17(15(18)11-23-26)24-20(27)9-8-14-10-19(22)25-28-14/h1-2,4-5,10-11,17H,3,6-9,12H2,(H,24,27)/t17-/m1/s1. The molecule has 0 unspecified atom stereocenters. The van der Waals surface area contributed by atoms with Crippen molar-refractivity contribution in [3.05, 3.63) is 69.3 Å². The maximum atomic E-state index is 12.4. The first kappa shape index (κ1) is 19.0. The lowest BCUT2D eigenvalue weighted by Crippen LogP contribution is -2.31. The van der Waals surface area contributed by atoms with Crippen LogP contribution in [0.2, 0.25) is 10.2 Å². The summed E-state index contributed by atoms with van der Waals surface area (Å²) < 4.78 is 7.04. The van der Waals surface area contributed by atoms with E-state index in [1.54, 1.807) is 6.07 Å². The topological polar surface area (TPSA) is 73.0 Å². The maximum Gasteiger partial charge on any atom is 0.220 e. The maximum absolute atomic E-state index is 12.4. The minimum absolute atomic E-state index is 0.0189. The number of nitrogens with one attached hydrogen (secondary N) is 1. The number of aryl methyl sites for hydroxylation is 1. The second-order valence-corrected chi connectivity index (χ2v) is 7.72. The van der Waals surface area contributed by atoms with Crippen LogP contribution < -0.4 is 5.32 Å². The summed E-state index contributed by atoms with van der Waals surface area (Å²) in [7, 11) is 0. The Morgan fingerprint density at radius 3 is 2.96 bits per heavy atom. The Bertz CT molecular complexity index is 982. The largest absolute Gasteiger partial charge is 0.360 e. The highest BCUT2D eigenvalue weighted by Crippen LogP contribution is 2.30. The van der Waals surface area contributed by atoms with E-state index in [0.29, 0.717) is 30.3 Å². The van der Waals surface area contributed by atoms with Crippen molar-refractivity contribution in [1.29, 1.82) is 0 Å². The fourth-order valence-electron chi connectivity index (χ4n) is 3.60. The highest BCUT2D eigenvalue weighted by molar-refractivity contribution is 6.31. The van der Waals surface area contributed by atoms with Crippen LogP contribution in [0.25, 0.3) is 0 Å². The molecular formula is C20H20Cl2N4O2. The van der Waals surface area contributed by atoms with Crippen molar-refractivity contribution in [2.75, 3.05) is 0 Å². The van der Waals surface area contributed by atoms with Crippen LogP contribution in [0.5, 0.6) is 0 Å². The molecule has 0 bridgehead atoms. The van der Waals surface area contributed by atoms with Gasteiger partial charge in [0, 0.05) is 35.2 Å². The summed E-state index contributed by atoms with van der Waals surface area (Å²) >= 11 is 12.0. The number of benzene rings is 1. The molecule has 1 aliphatic carbocycles. The number of rotatable bonds is 6. The zero-order chi connectivity index (χ0) is 19.5. The van der Waals surface area contributed by atoms with Crippen molar-refractivity contribution in [2.45, 2.75) is 44.7 Å². The van der Waals surface area contributed by atoms with Gasteiger partial charge in [-0.2, -0.15) is 5.10 Å². The number of hydrogen-bond acceptors (Lipinski definition) is 4. The van der Waals surface area contributed by atoms with Crippen LogP contribution >= 0.6 is 23.2 Å². The van der Waals surface area contributed by atoms with Gasteiger partial charge in [-0.1, -0.05) is 46.6 Å². The molecule has 146 valence electrons. The zero-order valence-electron chi connectivity index (χ0n) is 15.2. The normalized spacial score (nSPS) is 16.0. The van der Waals surface area contributed by atoms with Gasteiger partial charge >= 0.3 is 0 Å². The number of carbonyl (C=O) groups is 1. The van der Waals surface area contributed by atoms with E-state index in [1.165, 1.54) is 5.69 Å². The van der Waals surface area contributed by atoms with Crippen molar-refractivity contribution < 1.29 is 9.32 Å². The molecule has 1 N–H and O–H groups in total. The van der Waals surface area contributed by atoms with Gasteiger partial charge in [0.25, 0.3) is 0 Å². The molecule has 0 saturated carbocycles. The van der Waals surface area contributed by atoms with Gasteiger partial charge in [-0.05, 0) is 30.9 Å². The molecule has 1 amide bonds. The zero-order valence-corrected chi connectivity index (χ0v) is 16.7. The van der Waals surface area contributed by atoms with Crippen molar-refractivity contribution >= 4 is 29.1 Å². The molecule has 4 rings (SSSR count). The number of halogens is 2. The first-order valence-corrected chi connectivity index (χ1v) is 10.0. The molecule has 6 nitrogen and oxygen atoms in total. The van der Waals surface area contributed by atoms with Gasteiger partial charge in [-0.25, -0.2) is 0 Å². The Kier molecular flexibility index (Phi) is 5.69. The molecule has 0 fully saturated rings. The fraction of sp³-hybridized carbons (Fsp3) is 0.350. The van der Waals surface area contributed by atoms with Crippen LogP contribution in [-0.4, -0.2) is 20.8 Å². The second kappa shape index (κ2) is 8.37. The third-order valence-electron chi connectivity index (χ3n) is 5.00. The van der Waals surface area contributed by atoms with Crippen LogP contribution in [0.1, 0.15) is 47.9 Å². The Morgan fingerprint density at radius 1 is 1.32 bits per heavy atom. The first-order chi connectivity index (χ1) is 13.6. The van der Waals surface area contributed by atoms with E-state index < -0.39 is 0 Å². The molecule has 1 aromatic carbocycles. The molecule has 3 aromatic rings. The molecule has 1 atom stereocenters. The average molecular weight is 419 g/mol. The van der Waals surface area contributed by atoms with Crippen LogP contribution in [0.15, 0.2) is 41.1 Å². The molecule has 0 aliphatic heterocycles. The van der Waals surface area contributed by atoms with Crippen molar-refractivity contribution in [3.63, 3.8) is 0 Å². The number of nitrogens with zero attached hydrogens (tertiary/aromatic N) is 3. The van der Waals surface area contributed by atoms with E-state index in [4.69, 9.17) is 27.7 Å². The van der Waals surface area contributed by atoms with E-state index in [2.05, 4.69) is 15.6 Å². The predicted molar refractivity (Wildman–Crippen MR) is 106 cm³/mol. The molecule has 0 radical (unpaired) electrons. The Morgan fingerprint density at radius 2 is 2.18 bits per heavy atom. The summed E-state index contributed by atoms with van der Waals surface area (Å²) in [6.45, 7) is 0.627. The fourth-order valence-corrected chi connectivity index (χ4v) is 3.95. The second-order valence-electron chi connectivity index (χ2n) is 6.92. The van der Waals surface area contributed by atoms with E-state index in [1.807, 2.05) is 35.1 Å².